The predicted octanol–water partition coefficient (Wildman–Crippen LogP) is 1.50. The number of carbonyl (C=O) groups excluding carboxylic acids is 1. The third kappa shape index (κ3) is 3.14. The number of nitrogens with zero attached hydrogens (tertiary/aromatic N) is 1. The molecular formula is C15H22N2O2. The average molecular weight is 262 g/mol. The van der Waals surface area contributed by atoms with Gasteiger partial charge in [-0.3, -0.25) is 4.79 Å². The molecule has 4 nitrogen and oxygen atoms in total. The minimum Gasteiger partial charge on any atom is -0.370 e. The minimum absolute atomic E-state index is 0.0155. The first-order chi connectivity index (χ1) is 9.13. The molecule has 1 saturated heterocycles. The van der Waals surface area contributed by atoms with Crippen LogP contribution in [0.15, 0.2) is 24.3 Å². The molecule has 0 unspecified atom stereocenters. The molecule has 0 spiro atoms. The first kappa shape index (κ1) is 14.0. The van der Waals surface area contributed by atoms with E-state index in [-0.39, 0.29) is 18.1 Å². The van der Waals surface area contributed by atoms with Gasteiger partial charge in [0.1, 0.15) is 6.10 Å². The number of morpholine rings is 1. The first-order valence-corrected chi connectivity index (χ1v) is 6.74. The molecule has 2 atom stereocenters. The van der Waals surface area contributed by atoms with Crippen LogP contribution >= 0.6 is 0 Å². The Morgan fingerprint density at radius 3 is 2.89 bits per heavy atom. The van der Waals surface area contributed by atoms with Crippen molar-refractivity contribution >= 4 is 5.91 Å². The molecule has 2 rings (SSSR count). The number of hydrogen-bond acceptors (Lipinski definition) is 3. The smallest absolute Gasteiger partial charge is 0.236 e. The SMILES string of the molecule is CNCC(=O)N1C[C@@H](c2ccccc2C)OC[C@@H]1C. The standard InChI is InChI=1S/C15H22N2O2/c1-11-6-4-5-7-13(11)14-9-17(12(2)10-19-14)15(18)8-16-3/h4-7,12,14,16H,8-10H2,1-3H3/t12-,14-/m0/s1. The Kier molecular flexibility index (Phi) is 4.56. The maximum absolute atomic E-state index is 12.1. The summed E-state index contributed by atoms with van der Waals surface area (Å²) in [6, 6.07) is 8.34. The van der Waals surface area contributed by atoms with Gasteiger partial charge < -0.3 is 15.0 Å². The van der Waals surface area contributed by atoms with Crippen LogP contribution in [0.25, 0.3) is 0 Å². The van der Waals surface area contributed by atoms with E-state index >= 15 is 0 Å². The number of carbonyl (C=O) groups is 1. The molecule has 1 aromatic rings. The fourth-order valence-corrected chi connectivity index (χ4v) is 2.49. The van der Waals surface area contributed by atoms with Gasteiger partial charge in [0.15, 0.2) is 0 Å². The van der Waals surface area contributed by atoms with Gasteiger partial charge in [-0.05, 0) is 32.0 Å². The van der Waals surface area contributed by atoms with Crippen molar-refractivity contribution in [3.8, 4) is 0 Å². The highest BCUT2D eigenvalue weighted by Crippen LogP contribution is 2.27. The van der Waals surface area contributed by atoms with E-state index in [0.29, 0.717) is 19.7 Å². The lowest BCUT2D eigenvalue weighted by Crippen LogP contribution is -2.50. The molecule has 1 heterocycles. The Morgan fingerprint density at radius 2 is 2.21 bits per heavy atom. The molecule has 1 aliphatic rings. The second-order valence-corrected chi connectivity index (χ2v) is 5.10. The molecule has 0 radical (unpaired) electrons. The van der Waals surface area contributed by atoms with Crippen LogP contribution in [0.5, 0.6) is 0 Å². The van der Waals surface area contributed by atoms with Crippen molar-refractivity contribution in [2.75, 3.05) is 26.7 Å². The van der Waals surface area contributed by atoms with Crippen LogP contribution in [0.2, 0.25) is 0 Å². The van der Waals surface area contributed by atoms with Crippen LogP contribution in [0.1, 0.15) is 24.2 Å². The number of benzene rings is 1. The maximum atomic E-state index is 12.1. The summed E-state index contributed by atoms with van der Waals surface area (Å²) in [6.07, 6.45) is -0.0155. The zero-order valence-corrected chi connectivity index (χ0v) is 11.8. The summed E-state index contributed by atoms with van der Waals surface area (Å²) >= 11 is 0. The molecule has 1 fully saturated rings. The van der Waals surface area contributed by atoms with E-state index in [1.54, 1.807) is 7.05 Å². The fraction of sp³-hybridized carbons (Fsp3) is 0.533. The highest BCUT2D eigenvalue weighted by atomic mass is 16.5. The van der Waals surface area contributed by atoms with Crippen molar-refractivity contribution in [3.63, 3.8) is 0 Å². The Labute approximate surface area is 114 Å². The van der Waals surface area contributed by atoms with Crippen molar-refractivity contribution in [3.05, 3.63) is 35.4 Å². The van der Waals surface area contributed by atoms with Gasteiger partial charge >= 0.3 is 0 Å². The van der Waals surface area contributed by atoms with E-state index in [9.17, 15) is 4.79 Å². The van der Waals surface area contributed by atoms with E-state index < -0.39 is 0 Å². The van der Waals surface area contributed by atoms with E-state index in [1.165, 1.54) is 11.1 Å². The number of nitrogens with one attached hydrogen (secondary N) is 1. The summed E-state index contributed by atoms with van der Waals surface area (Å²) in [7, 11) is 1.79. The lowest BCUT2D eigenvalue weighted by Gasteiger charge is -2.38. The van der Waals surface area contributed by atoms with Gasteiger partial charge in [0.2, 0.25) is 5.91 Å². The first-order valence-electron chi connectivity index (χ1n) is 6.74. The van der Waals surface area contributed by atoms with Crippen molar-refractivity contribution in [1.29, 1.82) is 0 Å². The number of likely N-dealkylation sites (N-methyl/N-ethyl adjacent to an activating group) is 1. The summed E-state index contributed by atoms with van der Waals surface area (Å²) in [4.78, 5) is 14.0. The highest BCUT2D eigenvalue weighted by Gasteiger charge is 2.30. The predicted molar refractivity (Wildman–Crippen MR) is 75.0 cm³/mol. The topological polar surface area (TPSA) is 41.6 Å². The summed E-state index contributed by atoms with van der Waals surface area (Å²) in [5.41, 5.74) is 2.39. The zero-order chi connectivity index (χ0) is 13.8. The Bertz CT molecular complexity index is 448. The van der Waals surface area contributed by atoms with E-state index in [4.69, 9.17) is 4.74 Å². The summed E-state index contributed by atoms with van der Waals surface area (Å²) in [6.45, 7) is 5.71. The van der Waals surface area contributed by atoms with Crippen LogP contribution < -0.4 is 5.32 Å². The van der Waals surface area contributed by atoms with Gasteiger partial charge in [0.25, 0.3) is 0 Å². The van der Waals surface area contributed by atoms with E-state index in [0.717, 1.165) is 0 Å². The molecule has 1 aliphatic heterocycles. The monoisotopic (exact) mass is 262 g/mol. The number of amides is 1. The molecular weight excluding hydrogens is 240 g/mol. The molecule has 0 aromatic heterocycles. The Morgan fingerprint density at radius 1 is 1.47 bits per heavy atom. The van der Waals surface area contributed by atoms with Crippen LogP contribution in [-0.2, 0) is 9.53 Å². The quantitative estimate of drug-likeness (QED) is 0.897. The Hall–Kier alpha value is -1.39. The van der Waals surface area contributed by atoms with Crippen molar-refractivity contribution in [2.45, 2.75) is 26.0 Å². The second kappa shape index (κ2) is 6.17. The van der Waals surface area contributed by atoms with Gasteiger partial charge in [0.05, 0.1) is 25.7 Å². The molecule has 104 valence electrons. The molecule has 19 heavy (non-hydrogen) atoms. The van der Waals surface area contributed by atoms with E-state index in [1.807, 2.05) is 24.0 Å². The second-order valence-electron chi connectivity index (χ2n) is 5.10. The van der Waals surface area contributed by atoms with Gasteiger partial charge in [0, 0.05) is 0 Å². The van der Waals surface area contributed by atoms with Crippen LogP contribution in [0.4, 0.5) is 0 Å². The highest BCUT2D eigenvalue weighted by molar-refractivity contribution is 5.78. The summed E-state index contributed by atoms with van der Waals surface area (Å²) in [5.74, 6) is 0.136. The lowest BCUT2D eigenvalue weighted by molar-refractivity contribution is -0.143. The molecule has 0 aliphatic carbocycles. The summed E-state index contributed by atoms with van der Waals surface area (Å²) in [5, 5.41) is 2.92. The van der Waals surface area contributed by atoms with Crippen molar-refractivity contribution in [2.24, 2.45) is 0 Å². The van der Waals surface area contributed by atoms with E-state index in [2.05, 4.69) is 24.4 Å². The molecule has 1 amide bonds. The normalized spacial score (nSPS) is 23.4. The molecule has 1 N–H and O–H groups in total. The maximum Gasteiger partial charge on any atom is 0.236 e. The lowest BCUT2D eigenvalue weighted by atomic mass is 10.0. The van der Waals surface area contributed by atoms with Crippen LogP contribution in [0.3, 0.4) is 0 Å². The van der Waals surface area contributed by atoms with Crippen molar-refractivity contribution < 1.29 is 9.53 Å². The summed E-state index contributed by atoms with van der Waals surface area (Å²) < 4.78 is 5.90. The third-order valence-electron chi connectivity index (χ3n) is 3.62. The third-order valence-corrected chi connectivity index (χ3v) is 3.62. The average Bonchev–Trinajstić information content (AvgIpc) is 2.40. The van der Waals surface area contributed by atoms with Gasteiger partial charge in [-0.1, -0.05) is 24.3 Å². The number of ether oxygens (including phenoxy) is 1. The fourth-order valence-electron chi connectivity index (χ4n) is 2.49. The van der Waals surface area contributed by atoms with Crippen LogP contribution in [-0.4, -0.2) is 43.6 Å². The zero-order valence-electron chi connectivity index (χ0n) is 11.8. The minimum atomic E-state index is -0.0155. The molecule has 0 bridgehead atoms. The molecule has 1 aromatic carbocycles. The number of rotatable bonds is 3. The molecule has 0 saturated carbocycles. The Balaban J connectivity index is 2.13. The van der Waals surface area contributed by atoms with Gasteiger partial charge in [-0.2, -0.15) is 0 Å². The number of hydrogen-bond donors (Lipinski definition) is 1. The van der Waals surface area contributed by atoms with Gasteiger partial charge in [-0.25, -0.2) is 0 Å². The van der Waals surface area contributed by atoms with Gasteiger partial charge in [-0.15, -0.1) is 0 Å². The molecule has 4 heteroatoms. The van der Waals surface area contributed by atoms with Crippen LogP contribution in [0, 0.1) is 6.92 Å². The number of aryl methyl sites for hydroxylation is 1. The van der Waals surface area contributed by atoms with Crippen molar-refractivity contribution in [1.82, 2.24) is 10.2 Å². The largest absolute Gasteiger partial charge is 0.370 e.